The van der Waals surface area contributed by atoms with Gasteiger partial charge in [-0.25, -0.2) is 0 Å². The third-order valence-corrected chi connectivity index (χ3v) is 27.7. The summed E-state index contributed by atoms with van der Waals surface area (Å²) < 4.78 is 199. The van der Waals surface area contributed by atoms with Gasteiger partial charge in [0.2, 0.25) is 0 Å². The first-order valence-electron chi connectivity index (χ1n) is 49.2. The van der Waals surface area contributed by atoms with Gasteiger partial charge in [0.25, 0.3) is 0 Å². The van der Waals surface area contributed by atoms with Crippen molar-refractivity contribution in [2.45, 2.75) is 499 Å². The Morgan fingerprint density at radius 3 is 1.02 bits per heavy atom. The summed E-state index contributed by atoms with van der Waals surface area (Å²) >= 11 is 0. The Balaban J connectivity index is 0.000000126. The normalized spacial score (nSPS) is 45.7. The van der Waals surface area contributed by atoms with Gasteiger partial charge >= 0.3 is 0 Å². The number of rotatable bonds is 15. The van der Waals surface area contributed by atoms with Crippen LogP contribution in [-0.4, -0.2) is 369 Å². The first-order chi connectivity index (χ1) is 64.0. The Morgan fingerprint density at radius 2 is 0.638 bits per heavy atom. The number of Topliss-reactive ketones (excluding diaryl/α,β-unsaturated/α-hetero) is 1. The van der Waals surface area contributed by atoms with E-state index >= 15 is 0 Å². The lowest BCUT2D eigenvalue weighted by atomic mass is 9.84. The third-order valence-electron chi connectivity index (χ3n) is 27.7. The van der Waals surface area contributed by atoms with Crippen LogP contribution in [-0.2, 0) is 171 Å². The molecule has 0 radical (unpaired) electrons. The van der Waals surface area contributed by atoms with Crippen molar-refractivity contribution < 1.29 is 201 Å². The number of carbonyl (C=O) groups excluding carboxylic acids is 1. The second-order valence-electron chi connectivity index (χ2n) is 44.5. The Kier molecular flexibility index (Phi) is 33.6. The number of aliphatic hydroxyl groups excluding tert-OH is 6. The van der Waals surface area contributed by atoms with Crippen LogP contribution in [0.4, 0.5) is 0 Å². The molecule has 6 N–H and O–H groups in total. The van der Waals surface area contributed by atoms with Crippen molar-refractivity contribution in [1.82, 2.24) is 0 Å². The lowest BCUT2D eigenvalue weighted by molar-refractivity contribution is -0.248. The quantitative estimate of drug-likeness (QED) is 0.0884. The minimum absolute atomic E-state index is 0.00249. The third kappa shape index (κ3) is 24.9. The van der Waals surface area contributed by atoms with Gasteiger partial charge in [0.1, 0.15) is 103 Å². The average Bonchev–Trinajstić information content (AvgIpc) is 1.67. The summed E-state index contributed by atoms with van der Waals surface area (Å²) in [5, 5.41) is 57.3. The molecule has 0 saturated carbocycles. The summed E-state index contributed by atoms with van der Waals surface area (Å²) in [5.74, 6) is -7.84. The predicted octanol–water partition coefficient (Wildman–Crippen LogP) is 7.17. The summed E-state index contributed by atoms with van der Waals surface area (Å²) in [4.78, 5) is 12.2. The SMILES string of the molecule is C=C1[C@H]2OC(C)(C)O[C@H]2O[C@@H]1C1COC(C)(C)O1.CC1(C)OCC([C@H]2O[C@@H]3OC(C)(C)O[C@@H]3C2=O)O1.CC1(C)OCC([C@H]2O[C@@H]3OC(C)(C)O[C@@H]3[C@@H]2CO)O1.CC1(C)OCC([C@H]2O[C@@H]3OC(C)(C)O[C@@H]3[C@@H]2O)O1.CC[C@@H]1[C@@H](OC)O[C@@H]2OC(C)(C)O[C@@H]21.CC[C@H]1[C@H]2OC(C)(C)O[C@H]2OC1(CO)CO.CC[C@H]1[C@H]2OC(C)(C)O[C@H]2O[C@@H]1C(O)CO.CC[C@H]1[C@H]2OC(C)(C)O[C@H]2O[C@@H]1C1COC(C)(C)O1. The molecule has 21 fully saturated rings. The van der Waals surface area contributed by atoms with Crippen LogP contribution in [0.25, 0.3) is 0 Å². The highest BCUT2D eigenvalue weighted by atomic mass is 16.9. The summed E-state index contributed by atoms with van der Waals surface area (Å²) in [6.07, 6.45) is -6.79. The smallest absolute Gasteiger partial charge is 0.198 e. The van der Waals surface area contributed by atoms with Crippen molar-refractivity contribution >= 4 is 5.78 Å². The van der Waals surface area contributed by atoms with Gasteiger partial charge in [-0.1, -0.05) is 34.3 Å². The maximum atomic E-state index is 12.2. The van der Waals surface area contributed by atoms with Crippen LogP contribution in [0.2, 0.25) is 0 Å². The Morgan fingerprint density at radius 1 is 0.312 bits per heavy atom. The van der Waals surface area contributed by atoms with Gasteiger partial charge in [-0.3, -0.25) is 4.79 Å². The molecule has 0 aliphatic carbocycles. The Bertz CT molecular complexity index is 3880. The van der Waals surface area contributed by atoms with E-state index in [2.05, 4.69) is 20.4 Å². The first-order valence-corrected chi connectivity index (χ1v) is 49.2. The molecule has 0 aromatic rings. The highest BCUT2D eigenvalue weighted by Crippen LogP contribution is 2.53. The molecular formula is C96H162O42. The van der Waals surface area contributed by atoms with Crippen molar-refractivity contribution in [1.29, 1.82) is 0 Å². The molecule has 21 rings (SSSR count). The van der Waals surface area contributed by atoms with Gasteiger partial charge < -0.3 is 196 Å². The fourth-order valence-electron chi connectivity index (χ4n) is 21.7. The maximum absolute atomic E-state index is 12.2. The number of ketones is 1. The van der Waals surface area contributed by atoms with E-state index in [1.807, 2.05) is 166 Å². The molecule has 0 amide bonds. The van der Waals surface area contributed by atoms with Crippen LogP contribution in [0, 0.1) is 29.6 Å². The number of fused-ring (bicyclic) bond motifs is 8. The second kappa shape index (κ2) is 41.6. The van der Waals surface area contributed by atoms with Gasteiger partial charge in [0, 0.05) is 36.7 Å². The van der Waals surface area contributed by atoms with Crippen molar-refractivity contribution in [3.05, 3.63) is 12.2 Å². The van der Waals surface area contributed by atoms with E-state index in [-0.39, 0.29) is 166 Å². The minimum Gasteiger partial charge on any atom is -0.396 e. The zero-order valence-corrected chi connectivity index (χ0v) is 86.5. The van der Waals surface area contributed by atoms with E-state index in [0.717, 1.165) is 31.3 Å². The molecule has 35 atom stereocenters. The summed E-state index contributed by atoms with van der Waals surface area (Å²) in [6.45, 7) is 62.1. The van der Waals surface area contributed by atoms with E-state index < -0.39 is 161 Å². The van der Waals surface area contributed by atoms with E-state index in [1.165, 1.54) is 0 Å². The number of ether oxygens (including phenoxy) is 35. The molecule has 0 spiro atoms. The molecule has 798 valence electrons. The molecule has 42 nitrogen and oxygen atoms in total. The van der Waals surface area contributed by atoms with Crippen molar-refractivity contribution in [3.8, 4) is 0 Å². The highest BCUT2D eigenvalue weighted by Gasteiger charge is 2.67. The monoisotopic (exact) mass is 1990 g/mol. The molecule has 21 heterocycles. The number of methoxy groups -OCH3 is 1. The molecule has 21 aliphatic rings. The zero-order chi connectivity index (χ0) is 101. The van der Waals surface area contributed by atoms with Crippen LogP contribution < -0.4 is 0 Å². The fraction of sp³-hybridized carbons (Fsp3) is 0.969. The number of aliphatic hydroxyl groups is 6. The summed E-state index contributed by atoms with van der Waals surface area (Å²) in [6, 6.07) is 0. The molecule has 42 heteroatoms. The summed E-state index contributed by atoms with van der Waals surface area (Å²) in [7, 11) is 1.65. The lowest BCUT2D eigenvalue weighted by Crippen LogP contribution is -2.46. The Labute approximate surface area is 811 Å². The predicted molar refractivity (Wildman–Crippen MR) is 473 cm³/mol. The van der Waals surface area contributed by atoms with E-state index in [4.69, 9.17) is 171 Å². The van der Waals surface area contributed by atoms with Crippen LogP contribution in [0.15, 0.2) is 12.2 Å². The molecule has 21 aliphatic heterocycles. The average molecular weight is 1990 g/mol. The maximum Gasteiger partial charge on any atom is 0.198 e. The molecule has 21 saturated heterocycles. The van der Waals surface area contributed by atoms with Crippen molar-refractivity contribution in [2.24, 2.45) is 29.6 Å². The van der Waals surface area contributed by atoms with E-state index in [1.54, 1.807) is 34.8 Å². The number of hydrogen-bond donors (Lipinski definition) is 6. The largest absolute Gasteiger partial charge is 0.396 e. The van der Waals surface area contributed by atoms with E-state index in [9.17, 15) is 30.3 Å². The molecule has 138 heavy (non-hydrogen) atoms. The fourth-order valence-corrected chi connectivity index (χ4v) is 21.7. The van der Waals surface area contributed by atoms with Gasteiger partial charge in [-0.15, -0.1) is 0 Å². The molecule has 6 unspecified atom stereocenters. The van der Waals surface area contributed by atoms with E-state index in [0.29, 0.717) is 33.0 Å². The van der Waals surface area contributed by atoms with Gasteiger partial charge in [0.05, 0.1) is 77.8 Å². The first kappa shape index (κ1) is 111. The topological polar surface area (TPSA) is 462 Å². The lowest BCUT2D eigenvalue weighted by Gasteiger charge is -2.33. The number of carbonyl (C=O) groups is 1. The second-order valence-corrected chi connectivity index (χ2v) is 44.5. The zero-order valence-electron chi connectivity index (χ0n) is 86.5. The molecule has 0 aromatic carbocycles. The van der Waals surface area contributed by atoms with Crippen LogP contribution >= 0.6 is 0 Å². The van der Waals surface area contributed by atoms with Crippen molar-refractivity contribution in [3.63, 3.8) is 0 Å². The molecule has 0 bridgehead atoms. The van der Waals surface area contributed by atoms with Crippen LogP contribution in [0.1, 0.15) is 233 Å². The standard InChI is InChI=1S/C14H24O5.C13H22O6.C13H20O5.C12H20O6.C12H18O6.2C11H20O5.C10H18O4/c1-6-8-10(9-7-15-13(2,3)17-9)16-12-11(8)18-14(4,5)19-12;1-12(2)15-6-8(17-12)9-7(5-14)10-11(16-9)19-13(3,4)18-10;1-7-9(8-6-14-12(2,3)16-8)15-11-10(7)17-13(4,5)18-11;2*1-11(2)14-5-6(16-11)8-7(13)9-10(15-8)18-12(3,4)17-9;1-4-7-8-9(15-10(2,3)14-8)16-11(7,5-12)6-13;1-4-6-8(7(13)5-12)14-10-9(6)15-11(2,3)16-10;1-5-6-7-9(12-8(6)11-4)14-10(2,3)13-7/h8-12H,6-7H2,1-5H3;7-11,14H,5-6H2,1-4H3;8-11H,1,6H2,2-5H3;6-10,13H,5H2,1-4H3;6,8-10H,5H2,1-4H3;7-9,12-13H,4-6H2,1-3H3;6-10,12-13H,4-5H2,1-3H3;6-9H,5H2,1-4H3/t8-,9?,10+,11-,12-;7-,8?,9+,10-,11-;8?,9-,10+,11+;6?,7-,8-,9-,10-;6?,8-,9-,10-;7-,8+,9-;6-,7?,8+,9-,10-;6-,7+,8-,9+/m11011010/s1. The summed E-state index contributed by atoms with van der Waals surface area (Å²) in [5.41, 5.74) is -0.0579. The minimum atomic E-state index is -0.930. The number of hydrogen-bond acceptors (Lipinski definition) is 42. The highest BCUT2D eigenvalue weighted by molar-refractivity contribution is 5.90. The Hall–Kier alpha value is -2.23. The van der Waals surface area contributed by atoms with Gasteiger partial charge in [-0.05, 0) is 211 Å². The molecule has 0 aromatic heterocycles. The van der Waals surface area contributed by atoms with Crippen molar-refractivity contribution in [2.75, 3.05) is 66.6 Å². The molecular weight excluding hydrogens is 1830 g/mol. The van der Waals surface area contributed by atoms with Gasteiger partial charge in [-0.2, -0.15) is 0 Å². The van der Waals surface area contributed by atoms with Crippen LogP contribution in [0.5, 0.6) is 0 Å². The van der Waals surface area contributed by atoms with Gasteiger partial charge in [0.15, 0.2) is 150 Å². The van der Waals surface area contributed by atoms with Crippen LogP contribution in [0.3, 0.4) is 0 Å².